The van der Waals surface area contributed by atoms with E-state index >= 15 is 0 Å². The molecule has 0 aliphatic rings. The molecule has 0 fully saturated rings. The first kappa shape index (κ1) is 13.4. The number of nitrogens with zero attached hydrogens (tertiary/aromatic N) is 4. The number of halogens is 1. The Hall–Kier alpha value is -1.07. The molecule has 5 nitrogen and oxygen atoms in total. The number of alkyl halides is 1. The smallest absolute Gasteiger partial charge is 0.159 e. The van der Waals surface area contributed by atoms with E-state index in [2.05, 4.69) is 21.6 Å². The third kappa shape index (κ3) is 2.12. The second-order valence-corrected chi connectivity index (χ2v) is 4.96. The second-order valence-electron chi connectivity index (χ2n) is 4.30. The molecule has 0 saturated carbocycles. The number of ether oxygens (including phenoxy) is 1. The minimum atomic E-state index is -0.126. The van der Waals surface area contributed by atoms with Crippen LogP contribution < -0.4 is 0 Å². The lowest BCUT2D eigenvalue weighted by molar-refractivity contribution is 0.187. The van der Waals surface area contributed by atoms with Crippen LogP contribution in [0.5, 0.6) is 0 Å². The molecular weight excluding hydrogens is 252 g/mol. The predicted molar refractivity (Wildman–Crippen MR) is 72.1 cm³/mol. The van der Waals surface area contributed by atoms with Gasteiger partial charge >= 0.3 is 0 Å². The first-order chi connectivity index (χ1) is 8.60. The van der Waals surface area contributed by atoms with Crippen molar-refractivity contribution < 1.29 is 4.74 Å². The van der Waals surface area contributed by atoms with E-state index in [4.69, 9.17) is 16.3 Å². The quantitative estimate of drug-likeness (QED) is 0.784. The van der Waals surface area contributed by atoms with Crippen LogP contribution in [0.2, 0.25) is 0 Å². The molecule has 0 N–H and O–H groups in total. The van der Waals surface area contributed by atoms with Gasteiger partial charge in [-0.15, -0.1) is 11.6 Å². The van der Waals surface area contributed by atoms with Gasteiger partial charge < -0.3 is 9.30 Å². The molecule has 0 aliphatic carbocycles. The van der Waals surface area contributed by atoms with Crippen LogP contribution in [0.3, 0.4) is 0 Å². The lowest BCUT2D eigenvalue weighted by Crippen LogP contribution is -2.12. The average Bonchev–Trinajstić information content (AvgIpc) is 2.85. The fraction of sp³-hybridized carbons (Fsp3) is 0.667. The molecule has 2 aromatic heterocycles. The largest absolute Gasteiger partial charge is 0.383 e. The topological polar surface area (TPSA) is 44.9 Å². The monoisotopic (exact) mass is 270 g/mol. The maximum atomic E-state index is 6.21. The summed E-state index contributed by atoms with van der Waals surface area (Å²) in [6, 6.07) is 0. The molecule has 0 radical (unpaired) electrons. The molecule has 1 unspecified atom stereocenters. The zero-order chi connectivity index (χ0) is 13.3. The van der Waals surface area contributed by atoms with Crippen molar-refractivity contribution in [3.05, 3.63) is 11.5 Å². The number of imidazole rings is 1. The Bertz CT molecular complexity index is 544. The van der Waals surface area contributed by atoms with Crippen LogP contribution in [0.1, 0.15) is 30.7 Å². The van der Waals surface area contributed by atoms with Gasteiger partial charge in [-0.3, -0.25) is 0 Å². The highest BCUT2D eigenvalue weighted by atomic mass is 35.5. The fourth-order valence-corrected chi connectivity index (χ4v) is 2.34. The number of rotatable bonds is 5. The van der Waals surface area contributed by atoms with E-state index in [1.54, 1.807) is 7.11 Å². The van der Waals surface area contributed by atoms with Gasteiger partial charge in [-0.25, -0.2) is 9.67 Å². The van der Waals surface area contributed by atoms with Crippen LogP contribution in [0.15, 0.2) is 0 Å². The van der Waals surface area contributed by atoms with Crippen LogP contribution in [0.4, 0.5) is 0 Å². The van der Waals surface area contributed by atoms with Gasteiger partial charge in [-0.05, 0) is 20.8 Å². The first-order valence-corrected chi connectivity index (χ1v) is 6.60. The lowest BCUT2D eigenvalue weighted by Gasteiger charge is -2.10. The van der Waals surface area contributed by atoms with Crippen molar-refractivity contribution in [2.45, 2.75) is 39.2 Å². The minimum Gasteiger partial charge on any atom is -0.383 e. The van der Waals surface area contributed by atoms with Crippen molar-refractivity contribution in [3.8, 4) is 0 Å². The van der Waals surface area contributed by atoms with Gasteiger partial charge in [0.25, 0.3) is 0 Å². The van der Waals surface area contributed by atoms with Crippen LogP contribution in [-0.2, 0) is 17.8 Å². The molecule has 0 amide bonds. The van der Waals surface area contributed by atoms with E-state index in [1.807, 2.05) is 18.5 Å². The summed E-state index contributed by atoms with van der Waals surface area (Å²) < 4.78 is 9.24. The number of hydrogen-bond acceptors (Lipinski definition) is 3. The van der Waals surface area contributed by atoms with Gasteiger partial charge in [0.15, 0.2) is 5.65 Å². The van der Waals surface area contributed by atoms with Gasteiger partial charge in [-0.2, -0.15) is 5.10 Å². The van der Waals surface area contributed by atoms with Gasteiger partial charge in [0.05, 0.1) is 17.7 Å². The van der Waals surface area contributed by atoms with Gasteiger partial charge in [0, 0.05) is 20.2 Å². The average molecular weight is 271 g/mol. The molecule has 100 valence electrons. The van der Waals surface area contributed by atoms with Crippen molar-refractivity contribution >= 4 is 22.8 Å². The molecule has 0 saturated heterocycles. The molecule has 1 atom stereocenters. The Morgan fingerprint density at radius 3 is 2.72 bits per heavy atom. The van der Waals surface area contributed by atoms with E-state index in [0.717, 1.165) is 35.8 Å². The Labute approximate surface area is 112 Å². The molecule has 0 spiro atoms. The Balaban J connectivity index is 2.62. The highest BCUT2D eigenvalue weighted by Crippen LogP contribution is 2.26. The Morgan fingerprint density at radius 1 is 1.44 bits per heavy atom. The summed E-state index contributed by atoms with van der Waals surface area (Å²) in [7, 11) is 1.69. The molecular formula is C12H19ClN4O. The van der Waals surface area contributed by atoms with Crippen molar-refractivity contribution in [2.24, 2.45) is 0 Å². The molecule has 2 aromatic rings. The van der Waals surface area contributed by atoms with E-state index in [1.165, 1.54) is 0 Å². The summed E-state index contributed by atoms with van der Waals surface area (Å²) in [6.07, 6.45) is 0. The Kier molecular flexibility index (Phi) is 3.92. The van der Waals surface area contributed by atoms with Crippen LogP contribution >= 0.6 is 11.6 Å². The number of fused-ring (bicyclic) bond motifs is 1. The van der Waals surface area contributed by atoms with Gasteiger partial charge in [0.1, 0.15) is 11.3 Å². The summed E-state index contributed by atoms with van der Waals surface area (Å²) in [5, 5.41) is 4.36. The fourth-order valence-electron chi connectivity index (χ4n) is 2.17. The third-order valence-electron chi connectivity index (χ3n) is 3.00. The molecule has 0 aromatic carbocycles. The van der Waals surface area contributed by atoms with Gasteiger partial charge in [0.2, 0.25) is 0 Å². The lowest BCUT2D eigenvalue weighted by atomic mass is 10.4. The summed E-state index contributed by atoms with van der Waals surface area (Å²) >= 11 is 6.21. The van der Waals surface area contributed by atoms with E-state index in [0.29, 0.717) is 6.61 Å². The highest BCUT2D eigenvalue weighted by Gasteiger charge is 2.20. The van der Waals surface area contributed by atoms with E-state index < -0.39 is 0 Å². The van der Waals surface area contributed by atoms with Crippen LogP contribution in [-0.4, -0.2) is 33.0 Å². The predicted octanol–water partition coefficient (Wildman–Crippen LogP) is 2.51. The van der Waals surface area contributed by atoms with Crippen molar-refractivity contribution in [1.82, 2.24) is 19.3 Å². The first-order valence-electron chi connectivity index (χ1n) is 6.16. The minimum absolute atomic E-state index is 0.126. The Morgan fingerprint density at radius 2 is 2.17 bits per heavy atom. The maximum Gasteiger partial charge on any atom is 0.159 e. The van der Waals surface area contributed by atoms with E-state index in [-0.39, 0.29) is 5.38 Å². The number of hydrogen-bond donors (Lipinski definition) is 0. The molecule has 0 bridgehead atoms. The van der Waals surface area contributed by atoms with Crippen molar-refractivity contribution in [1.29, 1.82) is 0 Å². The summed E-state index contributed by atoms with van der Waals surface area (Å²) in [5.41, 5.74) is 2.92. The normalized spacial score (nSPS) is 13.4. The summed E-state index contributed by atoms with van der Waals surface area (Å²) in [6.45, 7) is 8.18. The van der Waals surface area contributed by atoms with Crippen molar-refractivity contribution in [3.63, 3.8) is 0 Å². The standard InChI is InChI=1S/C12H19ClN4O/c1-5-17-12-10(9(3)15-17)14-11(8(2)13)16(12)6-7-18-4/h8H,5-7H2,1-4H3. The second kappa shape index (κ2) is 5.28. The third-order valence-corrected chi connectivity index (χ3v) is 3.20. The summed E-state index contributed by atoms with van der Waals surface area (Å²) in [5.74, 6) is 0.881. The van der Waals surface area contributed by atoms with Crippen LogP contribution in [0.25, 0.3) is 11.2 Å². The molecule has 2 heterocycles. The number of aryl methyl sites for hydroxylation is 2. The van der Waals surface area contributed by atoms with Crippen molar-refractivity contribution in [2.75, 3.05) is 13.7 Å². The zero-order valence-electron chi connectivity index (χ0n) is 11.3. The zero-order valence-corrected chi connectivity index (χ0v) is 12.0. The maximum absolute atomic E-state index is 6.21. The van der Waals surface area contributed by atoms with E-state index in [9.17, 15) is 0 Å². The molecule has 18 heavy (non-hydrogen) atoms. The highest BCUT2D eigenvalue weighted by molar-refractivity contribution is 6.20. The molecule has 6 heteroatoms. The molecule has 2 rings (SSSR count). The number of aromatic nitrogens is 4. The SMILES string of the molecule is CCn1nc(C)c2nc(C(C)Cl)n(CCOC)c21. The summed E-state index contributed by atoms with van der Waals surface area (Å²) in [4.78, 5) is 4.63. The molecule has 0 aliphatic heterocycles. The number of methoxy groups -OCH3 is 1. The van der Waals surface area contributed by atoms with Crippen LogP contribution in [0, 0.1) is 6.92 Å². The van der Waals surface area contributed by atoms with Gasteiger partial charge in [-0.1, -0.05) is 0 Å².